The van der Waals surface area contributed by atoms with Crippen LogP contribution in [0.1, 0.15) is 12.5 Å². The third kappa shape index (κ3) is 2.59. The number of anilines is 1. The third-order valence-electron chi connectivity index (χ3n) is 4.24. The molecule has 0 radical (unpaired) electrons. The fraction of sp³-hybridized carbons (Fsp3) is 0.600. The molecular weight excluding hydrogens is 341 g/mol. The average Bonchev–Trinajstić information content (AvgIpc) is 2.49. The Bertz CT molecular complexity index is 530. The number of alkyl halides is 1. The lowest BCUT2D eigenvalue weighted by atomic mass is 9.82. The van der Waals surface area contributed by atoms with Gasteiger partial charge in [-0.15, -0.1) is 0 Å². The Morgan fingerprint density at radius 3 is 3.19 bits per heavy atom. The molecule has 1 saturated heterocycles. The molecule has 0 aliphatic carbocycles. The van der Waals surface area contributed by atoms with Crippen LogP contribution in [0.25, 0.3) is 0 Å². The Labute approximate surface area is 132 Å². The molecule has 3 unspecified atom stereocenters. The van der Waals surface area contributed by atoms with Crippen LogP contribution in [0.4, 0.5) is 10.1 Å². The number of rotatable bonds is 3. The van der Waals surface area contributed by atoms with Crippen LogP contribution in [0.5, 0.6) is 0 Å². The molecule has 1 N–H and O–H groups in total. The first-order chi connectivity index (χ1) is 10.1. The average molecular weight is 360 g/mol. The van der Waals surface area contributed by atoms with Crippen LogP contribution in [0.2, 0.25) is 0 Å². The van der Waals surface area contributed by atoms with Crippen molar-refractivity contribution >= 4 is 21.6 Å². The molecule has 0 amide bonds. The van der Waals surface area contributed by atoms with Crippen molar-refractivity contribution in [3.63, 3.8) is 0 Å². The molecule has 2 aliphatic heterocycles. The summed E-state index contributed by atoms with van der Waals surface area (Å²) in [5.74, 6) is 0. The zero-order chi connectivity index (χ0) is 15.0. The number of aliphatic hydroxyl groups excluding tert-OH is 1. The molecule has 0 spiro atoms. The van der Waals surface area contributed by atoms with E-state index in [-0.39, 0.29) is 19.6 Å². The Morgan fingerprint density at radius 2 is 2.43 bits per heavy atom. The number of ether oxygens (including phenoxy) is 2. The van der Waals surface area contributed by atoms with Gasteiger partial charge in [0.15, 0.2) is 12.0 Å². The summed E-state index contributed by atoms with van der Waals surface area (Å²) in [6.07, 6.45) is -1.32. The second-order valence-corrected chi connectivity index (χ2v) is 6.38. The lowest BCUT2D eigenvalue weighted by molar-refractivity contribution is -0.197. The van der Waals surface area contributed by atoms with E-state index < -0.39 is 18.0 Å². The predicted molar refractivity (Wildman–Crippen MR) is 81.3 cm³/mol. The Hall–Kier alpha value is -0.690. The summed E-state index contributed by atoms with van der Waals surface area (Å²) < 4.78 is 27.1. The number of hydrogen-bond acceptors (Lipinski definition) is 4. The summed E-state index contributed by atoms with van der Waals surface area (Å²) in [6.45, 7) is 3.44. The quantitative estimate of drug-likeness (QED) is 0.840. The van der Waals surface area contributed by atoms with Crippen molar-refractivity contribution in [2.75, 3.05) is 31.3 Å². The monoisotopic (exact) mass is 359 g/mol. The van der Waals surface area contributed by atoms with Crippen molar-refractivity contribution in [3.8, 4) is 0 Å². The van der Waals surface area contributed by atoms with Crippen LogP contribution >= 0.6 is 15.9 Å². The number of fused-ring (bicyclic) bond motifs is 3. The van der Waals surface area contributed by atoms with Gasteiger partial charge in [0.05, 0.1) is 19.3 Å². The van der Waals surface area contributed by atoms with Crippen LogP contribution < -0.4 is 4.90 Å². The van der Waals surface area contributed by atoms with Gasteiger partial charge in [0.1, 0.15) is 0 Å². The van der Waals surface area contributed by atoms with Crippen molar-refractivity contribution in [3.05, 3.63) is 28.2 Å². The molecule has 1 aromatic carbocycles. The fourth-order valence-electron chi connectivity index (χ4n) is 3.20. The summed E-state index contributed by atoms with van der Waals surface area (Å²) in [6, 6.07) is 5.26. The highest BCUT2D eigenvalue weighted by molar-refractivity contribution is 9.10. The first-order valence-corrected chi connectivity index (χ1v) is 7.97. The highest BCUT2D eigenvalue weighted by Crippen LogP contribution is 2.42. The number of halogens is 2. The molecule has 0 bridgehead atoms. The number of nitrogens with zero attached hydrogens (tertiary/aromatic N) is 1. The van der Waals surface area contributed by atoms with Crippen LogP contribution in [0, 0.1) is 0 Å². The minimum absolute atomic E-state index is 0.126. The molecule has 0 saturated carbocycles. The van der Waals surface area contributed by atoms with Gasteiger partial charge in [-0.1, -0.05) is 22.0 Å². The van der Waals surface area contributed by atoms with Crippen LogP contribution in [0.15, 0.2) is 22.7 Å². The van der Waals surface area contributed by atoms with E-state index in [2.05, 4.69) is 15.9 Å². The second kappa shape index (κ2) is 5.83. The van der Waals surface area contributed by atoms with Crippen molar-refractivity contribution < 1.29 is 19.0 Å². The molecule has 3 rings (SSSR count). The van der Waals surface area contributed by atoms with E-state index in [9.17, 15) is 5.11 Å². The number of benzene rings is 1. The van der Waals surface area contributed by atoms with Crippen molar-refractivity contribution in [1.29, 1.82) is 0 Å². The zero-order valence-electron chi connectivity index (χ0n) is 11.9. The molecule has 116 valence electrons. The maximum atomic E-state index is 15.6. The van der Waals surface area contributed by atoms with Crippen molar-refractivity contribution in [2.24, 2.45) is 0 Å². The molecule has 6 heteroatoms. The lowest BCUT2D eigenvalue weighted by Gasteiger charge is -2.50. The van der Waals surface area contributed by atoms with E-state index in [0.29, 0.717) is 13.2 Å². The number of hydrogen-bond donors (Lipinski definition) is 1. The highest BCUT2D eigenvalue weighted by atomic mass is 79.9. The lowest BCUT2D eigenvalue weighted by Crippen LogP contribution is -2.65. The molecule has 1 aromatic rings. The van der Waals surface area contributed by atoms with Gasteiger partial charge in [-0.25, -0.2) is 4.39 Å². The van der Waals surface area contributed by atoms with Crippen LogP contribution in [-0.4, -0.2) is 49.5 Å². The Kier molecular flexibility index (Phi) is 4.23. The molecule has 1 fully saturated rings. The standard InChI is InChI=1S/C15H19BrFNO3/c1-2-21-14(19)15(17)8-10-3-4-11(16)7-12(10)18-5-6-20-9-13(15)18/h3-4,7,13-14,19H,2,5-6,8-9H2,1H3. The Balaban J connectivity index is 2.02. The van der Waals surface area contributed by atoms with Gasteiger partial charge in [-0.3, -0.25) is 0 Å². The maximum absolute atomic E-state index is 15.6. The topological polar surface area (TPSA) is 41.9 Å². The highest BCUT2D eigenvalue weighted by Gasteiger charge is 2.53. The van der Waals surface area contributed by atoms with Gasteiger partial charge in [0.25, 0.3) is 0 Å². The maximum Gasteiger partial charge on any atom is 0.191 e. The minimum atomic E-state index is -1.86. The van der Waals surface area contributed by atoms with Gasteiger partial charge >= 0.3 is 0 Å². The number of morpholine rings is 1. The minimum Gasteiger partial charge on any atom is -0.377 e. The molecule has 4 nitrogen and oxygen atoms in total. The Morgan fingerprint density at radius 1 is 1.62 bits per heavy atom. The molecule has 0 aromatic heterocycles. The van der Waals surface area contributed by atoms with E-state index in [0.717, 1.165) is 15.7 Å². The normalized spacial score (nSPS) is 29.7. The third-order valence-corrected chi connectivity index (χ3v) is 4.73. The predicted octanol–water partition coefficient (Wildman–Crippen LogP) is 2.27. The number of aliphatic hydroxyl groups is 1. The molecule has 2 aliphatic rings. The SMILES string of the molecule is CCOC(O)C1(F)Cc2ccc(Br)cc2N2CCOCC21. The van der Waals surface area contributed by atoms with E-state index in [1.165, 1.54) is 0 Å². The van der Waals surface area contributed by atoms with Crippen molar-refractivity contribution in [2.45, 2.75) is 31.3 Å². The van der Waals surface area contributed by atoms with Crippen LogP contribution in [-0.2, 0) is 15.9 Å². The van der Waals surface area contributed by atoms with E-state index in [4.69, 9.17) is 9.47 Å². The fourth-order valence-corrected chi connectivity index (χ4v) is 3.55. The smallest absolute Gasteiger partial charge is 0.191 e. The summed E-state index contributed by atoms with van der Waals surface area (Å²) in [5, 5.41) is 10.2. The van der Waals surface area contributed by atoms with Gasteiger partial charge in [0, 0.05) is 29.7 Å². The van der Waals surface area contributed by atoms with Crippen LogP contribution in [0.3, 0.4) is 0 Å². The van der Waals surface area contributed by atoms with E-state index in [1.54, 1.807) is 6.92 Å². The summed E-state index contributed by atoms with van der Waals surface area (Å²) >= 11 is 3.46. The van der Waals surface area contributed by atoms with Gasteiger partial charge in [-0.2, -0.15) is 0 Å². The first-order valence-electron chi connectivity index (χ1n) is 7.17. The summed E-state index contributed by atoms with van der Waals surface area (Å²) in [7, 11) is 0. The molecule has 3 atom stereocenters. The van der Waals surface area contributed by atoms with E-state index in [1.807, 2.05) is 23.1 Å². The second-order valence-electron chi connectivity index (χ2n) is 5.47. The first kappa shape index (κ1) is 15.2. The molecular formula is C15H19BrFNO3. The summed E-state index contributed by atoms with van der Waals surface area (Å²) in [4.78, 5) is 2.00. The van der Waals surface area contributed by atoms with E-state index >= 15 is 4.39 Å². The van der Waals surface area contributed by atoms with Gasteiger partial charge in [-0.05, 0) is 24.6 Å². The summed E-state index contributed by atoms with van der Waals surface area (Å²) in [5.41, 5.74) is 0.0318. The van der Waals surface area contributed by atoms with Gasteiger partial charge in [0.2, 0.25) is 0 Å². The largest absolute Gasteiger partial charge is 0.377 e. The zero-order valence-corrected chi connectivity index (χ0v) is 13.5. The van der Waals surface area contributed by atoms with Crippen molar-refractivity contribution in [1.82, 2.24) is 0 Å². The molecule has 21 heavy (non-hydrogen) atoms. The molecule has 2 heterocycles. The van der Waals surface area contributed by atoms with Gasteiger partial charge < -0.3 is 19.5 Å².